The Bertz CT molecular complexity index is 78.6. The third-order valence-electron chi connectivity index (χ3n) is 0.675. The highest BCUT2D eigenvalue weighted by Gasteiger charge is 1.72. The van der Waals surface area contributed by atoms with Crippen molar-refractivity contribution in [1.29, 1.82) is 0 Å². The van der Waals surface area contributed by atoms with Crippen LogP contribution in [0.1, 0.15) is 6.42 Å². The summed E-state index contributed by atoms with van der Waals surface area (Å²) in [6, 6.07) is 0. The van der Waals surface area contributed by atoms with E-state index < -0.39 is 0 Å². The maximum atomic E-state index is 4.72. The first-order chi connectivity index (χ1) is 3.91. The summed E-state index contributed by atoms with van der Waals surface area (Å²) in [7, 11) is 2.21. The van der Waals surface area contributed by atoms with Crippen molar-refractivity contribution in [3.05, 3.63) is 24.8 Å². The molecule has 0 heterocycles. The van der Waals surface area contributed by atoms with E-state index in [1.165, 1.54) is 0 Å². The van der Waals surface area contributed by atoms with Gasteiger partial charge in [-0.05, 0) is 6.42 Å². The average molecular weight is 130 g/mol. The Morgan fingerprint density at radius 2 is 2.38 bits per heavy atom. The van der Waals surface area contributed by atoms with E-state index in [0.717, 1.165) is 13.0 Å². The van der Waals surface area contributed by atoms with Crippen LogP contribution in [0.4, 0.5) is 0 Å². The molecule has 0 saturated carbocycles. The molecule has 1 atom stereocenters. The van der Waals surface area contributed by atoms with E-state index in [9.17, 15) is 0 Å². The van der Waals surface area contributed by atoms with Gasteiger partial charge >= 0.3 is 0 Å². The fourth-order valence-corrected chi connectivity index (χ4v) is 0.465. The molecule has 0 fully saturated rings. The van der Waals surface area contributed by atoms with Gasteiger partial charge in [-0.15, -0.1) is 0 Å². The first-order valence-corrected chi connectivity index (χ1v) is 2.98. The minimum absolute atomic E-state index is 0.759. The van der Waals surface area contributed by atoms with Gasteiger partial charge in [0.15, 0.2) is 0 Å². The van der Waals surface area contributed by atoms with E-state index in [1.807, 2.05) is 12.2 Å². The van der Waals surface area contributed by atoms with Gasteiger partial charge in [0, 0.05) is 9.47 Å². The first kappa shape index (κ1) is 7.87. The minimum atomic E-state index is 0.759. The molecule has 0 aromatic heterocycles. The zero-order chi connectivity index (χ0) is 6.24. The molecule has 1 unspecified atom stereocenters. The van der Waals surface area contributed by atoms with E-state index in [1.54, 1.807) is 6.08 Å². The molecule has 2 heteroatoms. The molecule has 0 saturated heterocycles. The fourth-order valence-electron chi connectivity index (χ4n) is 0.329. The minimum Gasteiger partial charge on any atom is -0.365 e. The summed E-state index contributed by atoms with van der Waals surface area (Å²) >= 11 is 0. The quantitative estimate of drug-likeness (QED) is 0.321. The molecule has 1 nitrogen and oxygen atoms in total. The van der Waals surface area contributed by atoms with E-state index in [4.69, 9.17) is 4.52 Å². The van der Waals surface area contributed by atoms with Crippen molar-refractivity contribution >= 4 is 9.47 Å². The fraction of sp³-hybridized carbons (Fsp3) is 0.333. The summed E-state index contributed by atoms with van der Waals surface area (Å²) in [4.78, 5) is 0. The van der Waals surface area contributed by atoms with Crippen LogP contribution in [0.3, 0.4) is 0 Å². The van der Waals surface area contributed by atoms with E-state index in [2.05, 4.69) is 16.0 Å². The number of rotatable bonds is 4. The summed E-state index contributed by atoms with van der Waals surface area (Å²) in [6.45, 7) is 4.28. The van der Waals surface area contributed by atoms with Crippen LogP contribution in [0.2, 0.25) is 0 Å². The highest BCUT2D eigenvalue weighted by Crippen LogP contribution is 1.89. The molecule has 0 N–H and O–H groups in total. The Labute approximate surface area is 52.7 Å². The lowest BCUT2D eigenvalue weighted by Gasteiger charge is -1.87. The van der Waals surface area contributed by atoms with Crippen molar-refractivity contribution < 1.29 is 4.52 Å². The van der Waals surface area contributed by atoms with Gasteiger partial charge in [0.1, 0.15) is 0 Å². The van der Waals surface area contributed by atoms with Crippen LogP contribution in [0.15, 0.2) is 24.8 Å². The zero-order valence-electron chi connectivity index (χ0n) is 4.84. The molecule has 46 valence electrons. The second-order valence-electron chi connectivity index (χ2n) is 1.32. The normalized spacial score (nSPS) is 10.1. The summed E-state index contributed by atoms with van der Waals surface area (Å²) < 4.78 is 4.72. The van der Waals surface area contributed by atoms with Gasteiger partial charge in [-0.25, -0.2) is 0 Å². The van der Waals surface area contributed by atoms with Crippen molar-refractivity contribution in [2.24, 2.45) is 0 Å². The third kappa shape index (κ3) is 5.87. The van der Waals surface area contributed by atoms with Crippen LogP contribution < -0.4 is 0 Å². The van der Waals surface area contributed by atoms with Gasteiger partial charge in [0.25, 0.3) is 0 Å². The van der Waals surface area contributed by atoms with Gasteiger partial charge in [-0.1, -0.05) is 24.8 Å². The molecule has 0 aliphatic rings. The number of allylic oxidation sites excluding steroid dienone is 2. The standard InChI is InChI=1S/C6H11OP/c1-2-3-4-5-6-7-8/h2-4H,1,5-6,8H2/b4-3+. The number of hydrogen-bond acceptors (Lipinski definition) is 1. The van der Waals surface area contributed by atoms with Crippen molar-refractivity contribution in [2.75, 3.05) is 6.61 Å². The molecule has 0 radical (unpaired) electrons. The van der Waals surface area contributed by atoms with Crippen LogP contribution in [-0.4, -0.2) is 6.61 Å². The van der Waals surface area contributed by atoms with Crippen molar-refractivity contribution in [2.45, 2.75) is 6.42 Å². The Morgan fingerprint density at radius 3 is 2.88 bits per heavy atom. The molecular formula is C6H11OP. The highest BCUT2D eigenvalue weighted by atomic mass is 31.0. The van der Waals surface area contributed by atoms with Gasteiger partial charge in [-0.2, -0.15) is 0 Å². The highest BCUT2D eigenvalue weighted by molar-refractivity contribution is 7.09. The third-order valence-corrected chi connectivity index (χ3v) is 0.910. The average Bonchev–Trinajstić information content (AvgIpc) is 1.81. The van der Waals surface area contributed by atoms with Gasteiger partial charge in [0.05, 0.1) is 6.61 Å². The lowest BCUT2D eigenvalue weighted by molar-refractivity contribution is 0.381. The molecular weight excluding hydrogens is 119 g/mol. The largest absolute Gasteiger partial charge is 0.365 e. The summed E-state index contributed by atoms with van der Waals surface area (Å²) in [5.74, 6) is 0. The van der Waals surface area contributed by atoms with E-state index >= 15 is 0 Å². The summed E-state index contributed by atoms with van der Waals surface area (Å²) in [6.07, 6.45) is 6.62. The van der Waals surface area contributed by atoms with Crippen LogP contribution in [0.5, 0.6) is 0 Å². The summed E-state index contributed by atoms with van der Waals surface area (Å²) in [5.41, 5.74) is 0. The monoisotopic (exact) mass is 130 g/mol. The molecule has 0 rings (SSSR count). The maximum absolute atomic E-state index is 4.72. The van der Waals surface area contributed by atoms with Crippen molar-refractivity contribution in [1.82, 2.24) is 0 Å². The second-order valence-corrected chi connectivity index (χ2v) is 1.66. The molecule has 0 spiro atoms. The molecule has 0 bridgehead atoms. The SMILES string of the molecule is C=C/C=C/CCOP. The molecule has 0 amide bonds. The van der Waals surface area contributed by atoms with Crippen LogP contribution in [0, 0.1) is 0 Å². The predicted molar refractivity (Wildman–Crippen MR) is 39.6 cm³/mol. The molecule has 0 aliphatic carbocycles. The topological polar surface area (TPSA) is 9.23 Å². The van der Waals surface area contributed by atoms with Crippen molar-refractivity contribution in [3.8, 4) is 0 Å². The van der Waals surface area contributed by atoms with Crippen molar-refractivity contribution in [3.63, 3.8) is 0 Å². The van der Waals surface area contributed by atoms with Crippen LogP contribution in [0.25, 0.3) is 0 Å². The zero-order valence-corrected chi connectivity index (χ0v) is 5.99. The summed E-state index contributed by atoms with van der Waals surface area (Å²) in [5, 5.41) is 0. The van der Waals surface area contributed by atoms with Gasteiger partial charge in [-0.3, -0.25) is 0 Å². The van der Waals surface area contributed by atoms with Gasteiger partial charge < -0.3 is 4.52 Å². The Kier molecular flexibility index (Phi) is 6.76. The Balaban J connectivity index is 2.91. The van der Waals surface area contributed by atoms with Gasteiger partial charge in [0.2, 0.25) is 0 Å². The Hall–Kier alpha value is -0.130. The van der Waals surface area contributed by atoms with Crippen LogP contribution >= 0.6 is 9.47 Å². The predicted octanol–water partition coefficient (Wildman–Crippen LogP) is 1.93. The molecule has 0 aromatic rings. The van der Waals surface area contributed by atoms with E-state index in [-0.39, 0.29) is 0 Å². The Morgan fingerprint density at radius 1 is 1.62 bits per heavy atom. The molecule has 0 aromatic carbocycles. The number of hydrogen-bond donors (Lipinski definition) is 0. The maximum Gasteiger partial charge on any atom is 0.0536 e. The molecule has 8 heavy (non-hydrogen) atoms. The lowest BCUT2D eigenvalue weighted by atomic mass is 10.4. The lowest BCUT2D eigenvalue weighted by Crippen LogP contribution is -1.76. The van der Waals surface area contributed by atoms with Crippen LogP contribution in [-0.2, 0) is 4.52 Å². The molecule has 0 aliphatic heterocycles. The second kappa shape index (κ2) is 6.87. The van der Waals surface area contributed by atoms with E-state index in [0.29, 0.717) is 0 Å². The smallest absolute Gasteiger partial charge is 0.0536 e. The first-order valence-electron chi connectivity index (χ1n) is 2.51.